The van der Waals surface area contributed by atoms with E-state index in [4.69, 9.17) is 11.6 Å². The zero-order valence-corrected chi connectivity index (χ0v) is 20.0. The number of nitrogens with zero attached hydrogens (tertiary/aromatic N) is 3. The van der Waals surface area contributed by atoms with Crippen LogP contribution >= 0.6 is 23.4 Å². The van der Waals surface area contributed by atoms with Crippen molar-refractivity contribution in [1.29, 1.82) is 0 Å². The van der Waals surface area contributed by atoms with Gasteiger partial charge in [-0.25, -0.2) is 0 Å². The van der Waals surface area contributed by atoms with Crippen LogP contribution in [-0.2, 0) is 12.3 Å². The van der Waals surface area contributed by atoms with Gasteiger partial charge in [-0.3, -0.25) is 4.79 Å². The standard InChI is InChI=1S/C24H29ClN4OS/c1-5-29-22(27-28-24(29)31-15-18-12-10-17(4)11-13-18)21(14-16(2)3)26-23(30)19-8-6-7-9-20(19)25/h6-13,16,21H,5,14-15H2,1-4H3,(H,26,30)/t21-/m1/s1. The molecule has 164 valence electrons. The van der Waals surface area contributed by atoms with Crippen LogP contribution in [0.4, 0.5) is 0 Å². The van der Waals surface area contributed by atoms with Gasteiger partial charge in [0.05, 0.1) is 16.6 Å². The predicted octanol–water partition coefficient (Wildman–Crippen LogP) is 6.07. The van der Waals surface area contributed by atoms with Crippen LogP contribution < -0.4 is 5.32 Å². The second kappa shape index (κ2) is 10.8. The van der Waals surface area contributed by atoms with Crippen LogP contribution in [-0.4, -0.2) is 20.7 Å². The summed E-state index contributed by atoms with van der Waals surface area (Å²) in [6.45, 7) is 9.16. The Morgan fingerprint density at radius 2 is 1.84 bits per heavy atom. The van der Waals surface area contributed by atoms with E-state index in [9.17, 15) is 4.79 Å². The lowest BCUT2D eigenvalue weighted by Crippen LogP contribution is -2.31. The van der Waals surface area contributed by atoms with Gasteiger partial charge in [-0.1, -0.05) is 79.2 Å². The summed E-state index contributed by atoms with van der Waals surface area (Å²) < 4.78 is 2.10. The van der Waals surface area contributed by atoms with Crippen molar-refractivity contribution in [2.45, 2.75) is 57.6 Å². The van der Waals surface area contributed by atoms with Gasteiger partial charge < -0.3 is 9.88 Å². The van der Waals surface area contributed by atoms with Gasteiger partial charge in [0.2, 0.25) is 0 Å². The van der Waals surface area contributed by atoms with Gasteiger partial charge >= 0.3 is 0 Å². The molecule has 0 fully saturated rings. The molecule has 3 aromatic rings. The van der Waals surface area contributed by atoms with Gasteiger partial charge in [-0.2, -0.15) is 0 Å². The van der Waals surface area contributed by atoms with Crippen molar-refractivity contribution in [3.63, 3.8) is 0 Å². The summed E-state index contributed by atoms with van der Waals surface area (Å²) in [6, 6.07) is 15.4. The molecule has 0 saturated carbocycles. The van der Waals surface area contributed by atoms with Gasteiger partial charge in [-0.15, -0.1) is 10.2 Å². The van der Waals surface area contributed by atoms with Crippen molar-refractivity contribution < 1.29 is 4.79 Å². The van der Waals surface area contributed by atoms with Crippen LogP contribution in [0, 0.1) is 12.8 Å². The fourth-order valence-electron chi connectivity index (χ4n) is 3.38. The van der Waals surface area contributed by atoms with E-state index in [1.165, 1.54) is 11.1 Å². The third-order valence-corrected chi connectivity index (χ3v) is 6.36. The highest BCUT2D eigenvalue weighted by atomic mass is 35.5. The fourth-order valence-corrected chi connectivity index (χ4v) is 4.56. The summed E-state index contributed by atoms with van der Waals surface area (Å²) in [7, 11) is 0. The molecular formula is C24H29ClN4OS. The molecule has 1 N–H and O–H groups in total. The van der Waals surface area contributed by atoms with Crippen LogP contribution in [0.25, 0.3) is 0 Å². The second-order valence-electron chi connectivity index (χ2n) is 7.99. The molecule has 31 heavy (non-hydrogen) atoms. The number of thioether (sulfide) groups is 1. The van der Waals surface area contributed by atoms with E-state index < -0.39 is 0 Å². The number of benzene rings is 2. The summed E-state index contributed by atoms with van der Waals surface area (Å²) >= 11 is 7.89. The predicted molar refractivity (Wildman–Crippen MR) is 128 cm³/mol. The third-order valence-electron chi connectivity index (χ3n) is 4.99. The van der Waals surface area contributed by atoms with E-state index in [1.807, 2.05) is 12.1 Å². The van der Waals surface area contributed by atoms with E-state index in [0.29, 0.717) is 16.5 Å². The van der Waals surface area contributed by atoms with Crippen molar-refractivity contribution in [2.24, 2.45) is 5.92 Å². The first-order valence-electron chi connectivity index (χ1n) is 10.6. The average molecular weight is 457 g/mol. The van der Waals surface area contributed by atoms with E-state index >= 15 is 0 Å². The van der Waals surface area contributed by atoms with E-state index in [-0.39, 0.29) is 11.9 Å². The maximum absolute atomic E-state index is 12.9. The van der Waals surface area contributed by atoms with Crippen LogP contribution in [0.2, 0.25) is 5.02 Å². The Bertz CT molecular complexity index is 1020. The Kier molecular flexibility index (Phi) is 8.15. The largest absolute Gasteiger partial charge is 0.342 e. The number of carbonyl (C=O) groups is 1. The van der Waals surface area contributed by atoms with Crippen LogP contribution in [0.5, 0.6) is 0 Å². The van der Waals surface area contributed by atoms with Crippen molar-refractivity contribution in [1.82, 2.24) is 20.1 Å². The first-order valence-corrected chi connectivity index (χ1v) is 11.9. The van der Waals surface area contributed by atoms with E-state index in [0.717, 1.165) is 29.7 Å². The fraction of sp³-hybridized carbons (Fsp3) is 0.375. The highest BCUT2D eigenvalue weighted by molar-refractivity contribution is 7.98. The smallest absolute Gasteiger partial charge is 0.253 e. The zero-order chi connectivity index (χ0) is 22.4. The zero-order valence-electron chi connectivity index (χ0n) is 18.4. The number of rotatable bonds is 9. The lowest BCUT2D eigenvalue weighted by molar-refractivity contribution is 0.0929. The number of aryl methyl sites for hydroxylation is 1. The molecule has 1 amide bonds. The number of halogens is 1. The van der Waals surface area contributed by atoms with Crippen molar-refractivity contribution in [2.75, 3.05) is 0 Å². The molecule has 0 aliphatic heterocycles. The quantitative estimate of drug-likeness (QED) is 0.397. The molecule has 0 spiro atoms. The number of hydrogen-bond acceptors (Lipinski definition) is 4. The minimum Gasteiger partial charge on any atom is -0.342 e. The van der Waals surface area contributed by atoms with Crippen LogP contribution in [0.3, 0.4) is 0 Å². The Balaban J connectivity index is 1.81. The summed E-state index contributed by atoms with van der Waals surface area (Å²) in [5, 5.41) is 13.4. The minimum atomic E-state index is -0.245. The molecule has 2 aromatic carbocycles. The van der Waals surface area contributed by atoms with Crippen molar-refractivity contribution in [3.8, 4) is 0 Å². The molecular weight excluding hydrogens is 428 g/mol. The Labute approximate surface area is 193 Å². The summed E-state index contributed by atoms with van der Waals surface area (Å²) in [4.78, 5) is 12.9. The molecule has 0 saturated heterocycles. The lowest BCUT2D eigenvalue weighted by atomic mass is 10.0. The molecule has 0 bridgehead atoms. The lowest BCUT2D eigenvalue weighted by Gasteiger charge is -2.21. The van der Waals surface area contributed by atoms with E-state index in [2.05, 4.69) is 72.0 Å². The Morgan fingerprint density at radius 1 is 1.13 bits per heavy atom. The molecule has 7 heteroatoms. The van der Waals surface area contributed by atoms with Crippen LogP contribution in [0.1, 0.15) is 60.5 Å². The monoisotopic (exact) mass is 456 g/mol. The summed E-state index contributed by atoms with van der Waals surface area (Å²) in [6.07, 6.45) is 0.761. The molecule has 1 atom stereocenters. The maximum atomic E-state index is 12.9. The molecule has 0 radical (unpaired) electrons. The Morgan fingerprint density at radius 3 is 2.48 bits per heavy atom. The van der Waals surface area contributed by atoms with Gasteiger partial charge in [0.1, 0.15) is 0 Å². The summed E-state index contributed by atoms with van der Waals surface area (Å²) in [5.41, 5.74) is 2.96. The average Bonchev–Trinajstić information content (AvgIpc) is 3.15. The van der Waals surface area contributed by atoms with Crippen molar-refractivity contribution in [3.05, 3.63) is 76.1 Å². The Hall–Kier alpha value is -2.31. The molecule has 5 nitrogen and oxygen atoms in total. The molecule has 1 heterocycles. The summed E-state index contributed by atoms with van der Waals surface area (Å²) in [5.74, 6) is 1.78. The first-order chi connectivity index (χ1) is 14.9. The van der Waals surface area contributed by atoms with Gasteiger partial charge in [0.25, 0.3) is 5.91 Å². The van der Waals surface area contributed by atoms with E-state index in [1.54, 1.807) is 23.9 Å². The second-order valence-corrected chi connectivity index (χ2v) is 9.34. The molecule has 0 aliphatic carbocycles. The van der Waals surface area contributed by atoms with Gasteiger partial charge in [0, 0.05) is 12.3 Å². The normalized spacial score (nSPS) is 12.2. The minimum absolute atomic E-state index is 0.198. The number of carbonyl (C=O) groups excluding carboxylic acids is 1. The highest BCUT2D eigenvalue weighted by Gasteiger charge is 2.25. The van der Waals surface area contributed by atoms with Crippen molar-refractivity contribution >= 4 is 29.3 Å². The number of aromatic nitrogens is 3. The molecule has 0 unspecified atom stereocenters. The highest BCUT2D eigenvalue weighted by Crippen LogP contribution is 2.27. The molecule has 3 rings (SSSR count). The topological polar surface area (TPSA) is 59.8 Å². The number of nitrogens with one attached hydrogen (secondary N) is 1. The third kappa shape index (κ3) is 6.11. The van der Waals surface area contributed by atoms with Crippen LogP contribution in [0.15, 0.2) is 53.7 Å². The van der Waals surface area contributed by atoms with Gasteiger partial charge in [-0.05, 0) is 43.9 Å². The number of hydrogen-bond donors (Lipinski definition) is 1. The molecule has 1 aromatic heterocycles. The SMILES string of the molecule is CCn1c(SCc2ccc(C)cc2)nnc1[C@@H](CC(C)C)NC(=O)c1ccccc1Cl. The maximum Gasteiger partial charge on any atom is 0.253 e. The number of amides is 1. The first kappa shape index (κ1) is 23.4. The van der Waals surface area contributed by atoms with Gasteiger partial charge in [0.15, 0.2) is 11.0 Å². The molecule has 0 aliphatic rings.